The lowest BCUT2D eigenvalue weighted by molar-refractivity contribution is -0.870. The number of allylic oxidation sites excluding steroid dienone is 2. The minimum absolute atomic E-state index is 0.0509. The lowest BCUT2D eigenvalue weighted by Crippen LogP contribution is -2.37. The third-order valence-electron chi connectivity index (χ3n) is 11.8. The zero-order valence-corrected chi connectivity index (χ0v) is 42.1. The van der Waals surface area contributed by atoms with Crippen LogP contribution in [-0.4, -0.2) is 112 Å². The number of likely N-dealkylation sites (N-methyl/N-ethyl adjacent to an activating group) is 1. The Kier molecular flexibility index (Phi) is 32.6. The number of carbonyl (C=O) groups excluding carboxylic acids is 4. The minimum Gasteiger partial charge on any atom is -0.756 e. The van der Waals surface area contributed by atoms with Crippen LogP contribution in [0.15, 0.2) is 12.2 Å². The number of unbranched alkanes of at least 4 members (excludes halogenated alkanes) is 20. The second-order valence-corrected chi connectivity index (χ2v) is 21.6. The molecule has 14 nitrogen and oxygen atoms in total. The van der Waals surface area contributed by atoms with E-state index in [1.807, 2.05) is 32.9 Å². The van der Waals surface area contributed by atoms with Crippen LogP contribution in [-0.2, 0) is 37.5 Å². The van der Waals surface area contributed by atoms with E-state index in [4.69, 9.17) is 18.5 Å². The molecule has 0 aromatic rings. The van der Waals surface area contributed by atoms with Crippen LogP contribution in [0.1, 0.15) is 187 Å². The van der Waals surface area contributed by atoms with Gasteiger partial charge in [-0.2, -0.15) is 11.8 Å². The number of quaternary nitrogens is 1. The Labute approximate surface area is 391 Å². The van der Waals surface area contributed by atoms with Gasteiger partial charge < -0.3 is 43.8 Å². The Balaban J connectivity index is 1.52. The molecule has 2 aliphatic rings. The highest BCUT2D eigenvalue weighted by molar-refractivity contribution is 8.00. The van der Waals surface area contributed by atoms with Crippen LogP contribution in [0.5, 0.6) is 0 Å². The Hall–Kier alpha value is -2.16. The summed E-state index contributed by atoms with van der Waals surface area (Å²) in [4.78, 5) is 61.5. The predicted octanol–water partition coefficient (Wildman–Crippen LogP) is 9.43. The lowest BCUT2D eigenvalue weighted by atomic mass is 10.0. The number of ether oxygens (including phenoxy) is 2. The largest absolute Gasteiger partial charge is 0.756 e. The second kappa shape index (κ2) is 36.0. The summed E-state index contributed by atoms with van der Waals surface area (Å²) in [7, 11) is 1.10. The van der Waals surface area contributed by atoms with Gasteiger partial charge in [-0.05, 0) is 57.8 Å². The van der Waals surface area contributed by atoms with Gasteiger partial charge in [0.2, 0.25) is 5.91 Å². The Morgan fingerprint density at radius 1 is 0.750 bits per heavy atom. The van der Waals surface area contributed by atoms with Crippen molar-refractivity contribution >= 4 is 43.5 Å². The van der Waals surface area contributed by atoms with Crippen LogP contribution >= 0.6 is 19.6 Å². The van der Waals surface area contributed by atoms with Crippen LogP contribution in [0.3, 0.4) is 0 Å². The molecule has 2 aliphatic heterocycles. The zero-order chi connectivity index (χ0) is 46.7. The second-order valence-electron chi connectivity index (χ2n) is 18.9. The molecule has 0 bridgehead atoms. The van der Waals surface area contributed by atoms with Gasteiger partial charge in [-0.1, -0.05) is 122 Å². The van der Waals surface area contributed by atoms with E-state index < -0.39 is 32.5 Å². The molecule has 0 aromatic carbocycles. The molecule has 0 saturated carbocycles. The molecule has 0 aliphatic carbocycles. The van der Waals surface area contributed by atoms with Crippen molar-refractivity contribution in [3.05, 3.63) is 12.2 Å². The van der Waals surface area contributed by atoms with Gasteiger partial charge in [0.05, 0.1) is 39.8 Å². The van der Waals surface area contributed by atoms with E-state index >= 15 is 0 Å². The van der Waals surface area contributed by atoms with Crippen molar-refractivity contribution in [3.8, 4) is 0 Å². The van der Waals surface area contributed by atoms with Crippen molar-refractivity contribution in [2.45, 2.75) is 210 Å². The molecule has 0 spiro atoms. The van der Waals surface area contributed by atoms with Gasteiger partial charge in [0.1, 0.15) is 19.8 Å². The Bertz CT molecular complexity index is 1350. The standard InChI is InChI=1S/C48H89N4O10PS/c1-5-6-7-8-9-10-11-12-13-14-15-17-20-23-26-33-45(54)59-38-41(39-61-63(57,58)60-37-36-52(2,3)4)62-46(55)34-27-24-21-18-16-19-22-25-30-35-49-44(53)32-29-28-31-43-47-42(40-64-43)50-48(56)51-47/h12-13,41-43,47H,5-11,14-40H2,1-4H3,(H3-,49,50,51,53,56,57,58)/b13-12-/t41-,42+,43+,47+/m1/s1. The summed E-state index contributed by atoms with van der Waals surface area (Å²) in [5.74, 6) is 0.179. The van der Waals surface area contributed by atoms with Gasteiger partial charge in [0, 0.05) is 36.8 Å². The van der Waals surface area contributed by atoms with Gasteiger partial charge in [-0.15, -0.1) is 0 Å². The summed E-state index contributed by atoms with van der Waals surface area (Å²) in [5, 5.41) is 9.48. The number of nitrogens with one attached hydrogen (secondary N) is 3. The maximum absolute atomic E-state index is 12.8. The number of carbonyl (C=O) groups is 4. The van der Waals surface area contributed by atoms with E-state index in [1.165, 1.54) is 44.9 Å². The number of nitrogens with zero attached hydrogens (tertiary/aromatic N) is 1. The molecule has 2 rings (SSSR count). The number of fused-ring (bicyclic) bond motifs is 1. The van der Waals surface area contributed by atoms with E-state index in [1.54, 1.807) is 0 Å². The Morgan fingerprint density at radius 2 is 1.31 bits per heavy atom. The molecule has 16 heteroatoms. The number of hydrogen-bond acceptors (Lipinski definition) is 11. The van der Waals surface area contributed by atoms with Crippen LogP contribution in [0.25, 0.3) is 0 Å². The monoisotopic (exact) mass is 945 g/mol. The molecule has 5 atom stereocenters. The van der Waals surface area contributed by atoms with Crippen molar-refractivity contribution in [2.75, 3.05) is 59.8 Å². The lowest BCUT2D eigenvalue weighted by Gasteiger charge is -2.28. The highest BCUT2D eigenvalue weighted by Crippen LogP contribution is 2.38. The van der Waals surface area contributed by atoms with E-state index in [0.29, 0.717) is 42.1 Å². The van der Waals surface area contributed by atoms with E-state index in [2.05, 4.69) is 35.0 Å². The molecule has 2 heterocycles. The fourth-order valence-electron chi connectivity index (χ4n) is 7.82. The molecule has 3 N–H and O–H groups in total. The van der Waals surface area contributed by atoms with Crippen LogP contribution in [0, 0.1) is 0 Å². The molecule has 0 aromatic heterocycles. The minimum atomic E-state index is -4.66. The summed E-state index contributed by atoms with van der Waals surface area (Å²) in [6.45, 7) is 2.58. The summed E-state index contributed by atoms with van der Waals surface area (Å²) < 4.78 is 34.0. The van der Waals surface area contributed by atoms with E-state index in [9.17, 15) is 28.6 Å². The summed E-state index contributed by atoms with van der Waals surface area (Å²) >= 11 is 1.91. The molecule has 372 valence electrons. The molecule has 1 unspecified atom stereocenters. The normalized spacial score (nSPS) is 18.6. The third-order valence-corrected chi connectivity index (χ3v) is 14.2. The van der Waals surface area contributed by atoms with E-state index in [-0.39, 0.29) is 50.1 Å². The smallest absolute Gasteiger partial charge is 0.315 e. The average molecular weight is 945 g/mol. The number of esters is 2. The first kappa shape index (κ1) is 58.0. The Morgan fingerprint density at radius 3 is 1.94 bits per heavy atom. The van der Waals surface area contributed by atoms with Crippen LogP contribution in [0.4, 0.5) is 4.79 Å². The first-order chi connectivity index (χ1) is 30.8. The summed E-state index contributed by atoms with van der Waals surface area (Å²) in [6.07, 6.45) is 31.5. The van der Waals surface area contributed by atoms with Crippen molar-refractivity contribution in [1.82, 2.24) is 16.0 Å². The molecule has 64 heavy (non-hydrogen) atoms. The molecular weight excluding hydrogens is 856 g/mol. The highest BCUT2D eigenvalue weighted by atomic mass is 32.2. The fourth-order valence-corrected chi connectivity index (χ4v) is 10.1. The van der Waals surface area contributed by atoms with Crippen molar-refractivity contribution in [3.63, 3.8) is 0 Å². The maximum atomic E-state index is 12.8. The van der Waals surface area contributed by atoms with Gasteiger partial charge >= 0.3 is 18.0 Å². The molecule has 0 radical (unpaired) electrons. The highest BCUT2D eigenvalue weighted by Gasteiger charge is 2.42. The molecule has 3 amide bonds. The first-order valence-corrected chi connectivity index (χ1v) is 27.6. The summed E-state index contributed by atoms with van der Waals surface area (Å²) in [6, 6.07) is 0.404. The number of thioether (sulfide) groups is 1. The van der Waals surface area contributed by atoms with Crippen molar-refractivity contribution < 1.29 is 51.6 Å². The first-order valence-electron chi connectivity index (χ1n) is 25.1. The number of phosphoric ester groups is 1. The molecular formula is C48H89N4O10PS. The van der Waals surface area contributed by atoms with Crippen molar-refractivity contribution in [2.24, 2.45) is 0 Å². The number of amides is 3. The summed E-state index contributed by atoms with van der Waals surface area (Å²) in [5.41, 5.74) is 0. The number of hydrogen-bond donors (Lipinski definition) is 3. The topological polar surface area (TPSA) is 181 Å². The number of phosphoric acid groups is 1. The number of urea groups is 1. The quantitative estimate of drug-likeness (QED) is 0.0132. The van der Waals surface area contributed by atoms with Crippen LogP contribution < -0.4 is 20.8 Å². The van der Waals surface area contributed by atoms with Gasteiger partial charge in [-0.25, -0.2) is 4.79 Å². The average Bonchev–Trinajstić information content (AvgIpc) is 3.80. The molecule has 2 fully saturated rings. The maximum Gasteiger partial charge on any atom is 0.315 e. The third kappa shape index (κ3) is 31.7. The fraction of sp³-hybridized carbons (Fsp3) is 0.875. The van der Waals surface area contributed by atoms with Crippen LogP contribution in [0.2, 0.25) is 0 Å². The van der Waals surface area contributed by atoms with Gasteiger partial charge in [0.25, 0.3) is 7.82 Å². The zero-order valence-electron chi connectivity index (χ0n) is 40.4. The van der Waals surface area contributed by atoms with Crippen molar-refractivity contribution in [1.29, 1.82) is 0 Å². The van der Waals surface area contributed by atoms with Gasteiger partial charge in [0.15, 0.2) is 6.10 Å². The van der Waals surface area contributed by atoms with Gasteiger partial charge in [-0.3, -0.25) is 18.9 Å². The predicted molar refractivity (Wildman–Crippen MR) is 256 cm³/mol. The van der Waals surface area contributed by atoms with E-state index in [0.717, 1.165) is 108 Å². The molecule has 2 saturated heterocycles. The number of rotatable bonds is 42. The SMILES string of the molecule is CCCCCCCC/C=C\CCCCCCCC(=O)OC[C@H](COP(=O)([O-])OCC[N+](C)(C)C)OC(=O)CCCCCCCCCCCNC(=O)CCCC[C@@H]1SC[C@@H]2NC(=O)N[C@@H]21.